The molecule has 150 valence electrons. The minimum Gasteiger partial charge on any atom is -0.309 e. The first-order chi connectivity index (χ1) is 13.9. The van der Waals surface area contributed by atoms with E-state index in [1.54, 1.807) is 0 Å². The average molecular weight is 426 g/mol. The molecule has 0 fully saturated rings. The van der Waals surface area contributed by atoms with Gasteiger partial charge in [0.15, 0.2) is 11.0 Å². The zero-order valence-corrected chi connectivity index (χ0v) is 18.5. The highest BCUT2D eigenvalue weighted by Gasteiger charge is 2.17. The lowest BCUT2D eigenvalue weighted by atomic mass is 9.87. The number of aromatic amines is 1. The Morgan fingerprint density at radius 2 is 1.90 bits per heavy atom. The molecule has 0 amide bonds. The summed E-state index contributed by atoms with van der Waals surface area (Å²) in [5.41, 5.74) is 3.11. The minimum absolute atomic E-state index is 0.0859. The Morgan fingerprint density at radius 3 is 2.59 bits per heavy atom. The van der Waals surface area contributed by atoms with Crippen LogP contribution in [0.3, 0.4) is 0 Å². The van der Waals surface area contributed by atoms with Gasteiger partial charge in [-0.15, -0.1) is 21.5 Å². The molecule has 0 aliphatic rings. The standard InChI is InChI=1S/C21H23N5OS2/c1-5-26-18(13-6-8-14(9-7-13)21(2,3)4)24-25-20(26)29-12-16-22-15-10-11-28-17(15)19(27)23-16/h6-11H,5,12H2,1-4H3,(H,22,23,27). The molecule has 0 saturated carbocycles. The van der Waals surface area contributed by atoms with Crippen LogP contribution in [0.25, 0.3) is 21.6 Å². The maximum Gasteiger partial charge on any atom is 0.268 e. The van der Waals surface area contributed by atoms with Crippen molar-refractivity contribution in [3.05, 3.63) is 57.5 Å². The summed E-state index contributed by atoms with van der Waals surface area (Å²) in [6.07, 6.45) is 0. The van der Waals surface area contributed by atoms with E-state index in [1.165, 1.54) is 28.7 Å². The van der Waals surface area contributed by atoms with Gasteiger partial charge in [-0.3, -0.25) is 4.79 Å². The van der Waals surface area contributed by atoms with Gasteiger partial charge < -0.3 is 9.55 Å². The van der Waals surface area contributed by atoms with Crippen molar-refractivity contribution in [2.75, 3.05) is 0 Å². The predicted octanol–water partition coefficient (Wildman–Crippen LogP) is 4.85. The van der Waals surface area contributed by atoms with E-state index in [2.05, 4.69) is 76.7 Å². The van der Waals surface area contributed by atoms with Crippen molar-refractivity contribution >= 4 is 33.3 Å². The van der Waals surface area contributed by atoms with Gasteiger partial charge in [-0.05, 0) is 29.3 Å². The van der Waals surface area contributed by atoms with Gasteiger partial charge in [-0.1, -0.05) is 56.8 Å². The summed E-state index contributed by atoms with van der Waals surface area (Å²) < 4.78 is 2.76. The van der Waals surface area contributed by atoms with Crippen molar-refractivity contribution in [2.45, 2.75) is 50.6 Å². The summed E-state index contributed by atoms with van der Waals surface area (Å²) in [5, 5.41) is 11.5. The highest BCUT2D eigenvalue weighted by molar-refractivity contribution is 7.98. The van der Waals surface area contributed by atoms with Gasteiger partial charge in [-0.25, -0.2) is 4.98 Å². The molecule has 0 bridgehead atoms. The maximum atomic E-state index is 12.2. The van der Waals surface area contributed by atoms with Crippen LogP contribution in [-0.2, 0) is 17.7 Å². The van der Waals surface area contributed by atoms with Crippen LogP contribution in [0.1, 0.15) is 39.1 Å². The third-order valence-corrected chi connectivity index (χ3v) is 6.62. The quantitative estimate of drug-likeness (QED) is 0.463. The molecule has 3 aromatic heterocycles. The summed E-state index contributed by atoms with van der Waals surface area (Å²) >= 11 is 2.93. The molecule has 6 nitrogen and oxygen atoms in total. The average Bonchev–Trinajstić information content (AvgIpc) is 3.32. The van der Waals surface area contributed by atoms with Crippen LogP contribution < -0.4 is 5.56 Å². The number of benzene rings is 1. The van der Waals surface area contributed by atoms with E-state index < -0.39 is 0 Å². The largest absolute Gasteiger partial charge is 0.309 e. The molecule has 0 spiro atoms. The summed E-state index contributed by atoms with van der Waals surface area (Å²) in [6, 6.07) is 10.4. The van der Waals surface area contributed by atoms with E-state index in [4.69, 9.17) is 0 Å². The summed E-state index contributed by atoms with van der Waals surface area (Å²) in [7, 11) is 0. The van der Waals surface area contributed by atoms with Gasteiger partial charge in [0.2, 0.25) is 0 Å². The second kappa shape index (κ2) is 7.76. The summed E-state index contributed by atoms with van der Waals surface area (Å²) in [5.74, 6) is 2.03. The first kappa shape index (κ1) is 19.8. The van der Waals surface area contributed by atoms with Crippen molar-refractivity contribution in [2.24, 2.45) is 0 Å². The van der Waals surface area contributed by atoms with Crippen LogP contribution in [-0.4, -0.2) is 24.7 Å². The Bertz CT molecular complexity index is 1200. The summed E-state index contributed by atoms with van der Waals surface area (Å²) in [4.78, 5) is 19.6. The molecular formula is C21H23N5OS2. The maximum absolute atomic E-state index is 12.2. The molecule has 1 N–H and O–H groups in total. The molecule has 0 unspecified atom stereocenters. The van der Waals surface area contributed by atoms with Gasteiger partial charge in [0.1, 0.15) is 10.5 Å². The van der Waals surface area contributed by atoms with Gasteiger partial charge >= 0.3 is 0 Å². The van der Waals surface area contributed by atoms with Crippen LogP contribution in [0.4, 0.5) is 0 Å². The second-order valence-corrected chi connectivity index (χ2v) is 9.67. The van der Waals surface area contributed by atoms with Crippen LogP contribution >= 0.6 is 23.1 Å². The molecule has 29 heavy (non-hydrogen) atoms. The Balaban J connectivity index is 1.57. The second-order valence-electron chi connectivity index (χ2n) is 7.81. The third-order valence-electron chi connectivity index (χ3n) is 4.74. The Hall–Kier alpha value is -2.45. The van der Waals surface area contributed by atoms with Gasteiger partial charge in [0, 0.05) is 12.1 Å². The monoisotopic (exact) mass is 425 g/mol. The number of rotatable bonds is 5. The number of nitrogens with zero attached hydrogens (tertiary/aromatic N) is 4. The lowest BCUT2D eigenvalue weighted by Gasteiger charge is -2.19. The zero-order chi connectivity index (χ0) is 20.6. The number of thiophene rings is 1. The Kier molecular flexibility index (Phi) is 5.31. The van der Waals surface area contributed by atoms with E-state index in [0.29, 0.717) is 16.3 Å². The Labute approximate surface area is 177 Å². The fourth-order valence-electron chi connectivity index (χ4n) is 3.14. The van der Waals surface area contributed by atoms with E-state index in [9.17, 15) is 4.79 Å². The topological polar surface area (TPSA) is 76.5 Å². The fourth-order valence-corrected chi connectivity index (χ4v) is 4.73. The fraction of sp³-hybridized carbons (Fsp3) is 0.333. The molecular weight excluding hydrogens is 402 g/mol. The summed E-state index contributed by atoms with van der Waals surface area (Å²) in [6.45, 7) is 9.46. The van der Waals surface area contributed by atoms with Gasteiger partial charge in [0.05, 0.1) is 11.3 Å². The number of fused-ring (bicyclic) bond motifs is 1. The first-order valence-corrected chi connectivity index (χ1v) is 11.4. The van der Waals surface area contributed by atoms with Gasteiger partial charge in [0.25, 0.3) is 5.56 Å². The molecule has 4 aromatic rings. The van der Waals surface area contributed by atoms with E-state index in [1.807, 2.05) is 11.4 Å². The Morgan fingerprint density at radius 1 is 1.14 bits per heavy atom. The lowest BCUT2D eigenvalue weighted by molar-refractivity contribution is 0.590. The van der Waals surface area contributed by atoms with Crippen molar-refractivity contribution in [1.82, 2.24) is 24.7 Å². The van der Waals surface area contributed by atoms with Crippen LogP contribution in [0, 0.1) is 0 Å². The highest BCUT2D eigenvalue weighted by Crippen LogP contribution is 2.28. The van der Waals surface area contributed by atoms with Gasteiger partial charge in [-0.2, -0.15) is 0 Å². The van der Waals surface area contributed by atoms with E-state index in [0.717, 1.165) is 28.6 Å². The number of nitrogens with one attached hydrogen (secondary N) is 1. The van der Waals surface area contributed by atoms with Crippen molar-refractivity contribution in [1.29, 1.82) is 0 Å². The highest BCUT2D eigenvalue weighted by atomic mass is 32.2. The molecule has 1 aromatic carbocycles. The molecule has 8 heteroatoms. The molecule has 0 radical (unpaired) electrons. The predicted molar refractivity (Wildman–Crippen MR) is 120 cm³/mol. The number of hydrogen-bond acceptors (Lipinski definition) is 6. The number of aromatic nitrogens is 5. The molecule has 0 saturated heterocycles. The molecule has 3 heterocycles. The van der Waals surface area contributed by atoms with E-state index in [-0.39, 0.29) is 11.0 Å². The van der Waals surface area contributed by atoms with Crippen LogP contribution in [0.2, 0.25) is 0 Å². The molecule has 0 aliphatic carbocycles. The normalized spacial score (nSPS) is 12.0. The number of H-pyrrole nitrogens is 1. The van der Waals surface area contributed by atoms with Crippen LogP contribution in [0.5, 0.6) is 0 Å². The molecule has 4 rings (SSSR count). The first-order valence-electron chi connectivity index (χ1n) is 9.50. The lowest BCUT2D eigenvalue weighted by Crippen LogP contribution is -2.10. The van der Waals surface area contributed by atoms with Crippen molar-refractivity contribution in [3.8, 4) is 11.4 Å². The zero-order valence-electron chi connectivity index (χ0n) is 16.9. The number of thioether (sulfide) groups is 1. The molecule has 0 aliphatic heterocycles. The molecule has 0 atom stereocenters. The van der Waals surface area contributed by atoms with Crippen LogP contribution in [0.15, 0.2) is 45.7 Å². The number of hydrogen-bond donors (Lipinski definition) is 1. The SMILES string of the molecule is CCn1c(SCc2nc3ccsc3c(=O)[nH]2)nnc1-c1ccc(C(C)(C)C)cc1. The van der Waals surface area contributed by atoms with Crippen molar-refractivity contribution < 1.29 is 0 Å². The van der Waals surface area contributed by atoms with Crippen molar-refractivity contribution in [3.63, 3.8) is 0 Å². The van der Waals surface area contributed by atoms with E-state index >= 15 is 0 Å². The smallest absolute Gasteiger partial charge is 0.268 e. The minimum atomic E-state index is -0.0859. The third kappa shape index (κ3) is 4.00.